The Bertz CT molecular complexity index is 1880. The summed E-state index contributed by atoms with van der Waals surface area (Å²) in [5, 5.41) is 3.16. The van der Waals surface area contributed by atoms with E-state index in [4.69, 9.17) is 15.2 Å². The van der Waals surface area contributed by atoms with Gasteiger partial charge in [-0.25, -0.2) is 9.98 Å². The molecule has 0 saturated carbocycles. The van der Waals surface area contributed by atoms with Gasteiger partial charge in [-0.3, -0.25) is 24.2 Å². The molecule has 254 valence electrons. The van der Waals surface area contributed by atoms with Crippen LogP contribution in [0.15, 0.2) is 52.2 Å². The third-order valence-corrected chi connectivity index (χ3v) is 9.36. The average Bonchev–Trinajstić information content (AvgIpc) is 3.49. The minimum atomic E-state index is -0.463. The molecule has 1 fully saturated rings. The predicted octanol–water partition coefficient (Wildman–Crippen LogP) is 2.52. The molecule has 3 aromatic rings. The smallest absolute Gasteiger partial charge is 0.302 e. The number of nitrogens with one attached hydrogen (secondary N) is 1. The van der Waals surface area contributed by atoms with Gasteiger partial charge in [-0.15, -0.1) is 0 Å². The fraction of sp³-hybridized carbons (Fsp3) is 0.457. The number of aliphatic imine (C=N–C) groups is 1. The van der Waals surface area contributed by atoms with E-state index in [0.29, 0.717) is 67.1 Å². The summed E-state index contributed by atoms with van der Waals surface area (Å²) in [6.45, 7) is 8.77. The Morgan fingerprint density at radius 3 is 2.71 bits per heavy atom. The molecule has 0 bridgehead atoms. The van der Waals surface area contributed by atoms with E-state index in [1.807, 2.05) is 20.2 Å². The minimum Gasteiger partial charge on any atom is -0.461 e. The van der Waals surface area contributed by atoms with Gasteiger partial charge < -0.3 is 29.7 Å². The zero-order chi connectivity index (χ0) is 34.3. The maximum atomic E-state index is 14.0. The first-order chi connectivity index (χ1) is 22.8. The molecule has 0 aromatic carbocycles. The zero-order valence-corrected chi connectivity index (χ0v) is 28.5. The maximum Gasteiger partial charge on any atom is 0.302 e. The normalized spacial score (nSPS) is 17.7. The predicted molar refractivity (Wildman–Crippen MR) is 183 cm³/mol. The van der Waals surface area contributed by atoms with Crippen LogP contribution in [0.3, 0.4) is 0 Å². The van der Waals surface area contributed by atoms with E-state index in [9.17, 15) is 14.4 Å². The van der Waals surface area contributed by atoms with Crippen molar-refractivity contribution in [3.63, 3.8) is 0 Å². The summed E-state index contributed by atoms with van der Waals surface area (Å²) in [5.74, 6) is -0.0367. The molecule has 0 atom stereocenters. The molecule has 1 aliphatic carbocycles. The zero-order valence-electron chi connectivity index (χ0n) is 28.5. The number of pyridine rings is 2. The number of amidine groups is 1. The molecule has 3 aliphatic rings. The number of aromatic nitrogens is 3. The molecule has 0 unspecified atom stereocenters. The van der Waals surface area contributed by atoms with Gasteiger partial charge in [-0.1, -0.05) is 13.8 Å². The molecule has 1 saturated heterocycles. The number of hydrogen-bond acceptors (Lipinski definition) is 9. The van der Waals surface area contributed by atoms with Gasteiger partial charge in [-0.05, 0) is 54.6 Å². The molecule has 0 spiro atoms. The molecule has 5 heterocycles. The van der Waals surface area contributed by atoms with Crippen LogP contribution < -0.4 is 21.5 Å². The highest BCUT2D eigenvalue weighted by molar-refractivity contribution is 6.06. The third-order valence-electron chi connectivity index (χ3n) is 9.36. The van der Waals surface area contributed by atoms with Crippen LogP contribution in [0.2, 0.25) is 0 Å². The lowest BCUT2D eigenvalue weighted by atomic mass is 9.90. The molecule has 3 N–H and O–H groups in total. The monoisotopic (exact) mass is 656 g/mol. The molecule has 0 radical (unpaired) electrons. The minimum absolute atomic E-state index is 0.110. The van der Waals surface area contributed by atoms with Gasteiger partial charge in [0.2, 0.25) is 0 Å². The number of nitrogens with two attached hydrogens (primary N) is 1. The highest BCUT2D eigenvalue weighted by atomic mass is 16.5. The standard InChI is InChI=1S/C35H44N8O5/c1-21(44)48-20-27-26(7-8-38-32(27)43-10-9-42-29(34(43)46)12-22-14-35(2,3)15-30(22)42)23-11-28(33(45)41(6)16-23)39-31(36)13-24(37-4)17-40(5)25-18-47-19-25/h7-8,11-13,16,25,37H,9-10,14-15,17-20H2,1-6H3,(H2,36,39)/b24-13-. The Balaban J connectivity index is 1.35. The molecule has 13 nitrogen and oxygen atoms in total. The number of likely N-dealkylation sites (N-methyl/N-ethyl adjacent to an activating group) is 2. The van der Waals surface area contributed by atoms with Gasteiger partial charge in [0.1, 0.15) is 29.6 Å². The summed E-state index contributed by atoms with van der Waals surface area (Å²) >= 11 is 0. The summed E-state index contributed by atoms with van der Waals surface area (Å²) in [6, 6.07) is 5.80. The molecule has 13 heteroatoms. The van der Waals surface area contributed by atoms with Crippen molar-refractivity contribution >= 4 is 29.2 Å². The second-order valence-corrected chi connectivity index (χ2v) is 13.7. The first-order valence-electron chi connectivity index (χ1n) is 16.2. The Morgan fingerprint density at radius 1 is 1.25 bits per heavy atom. The average molecular weight is 657 g/mol. The van der Waals surface area contributed by atoms with E-state index in [2.05, 4.69) is 38.6 Å². The fourth-order valence-corrected chi connectivity index (χ4v) is 6.76. The van der Waals surface area contributed by atoms with Gasteiger partial charge in [0, 0.05) is 81.6 Å². The third kappa shape index (κ3) is 6.52. The number of esters is 1. The lowest BCUT2D eigenvalue weighted by Gasteiger charge is -2.35. The number of carbonyl (C=O) groups is 2. The number of nitrogens with zero attached hydrogens (tertiary/aromatic N) is 6. The number of carbonyl (C=O) groups excluding carboxylic acids is 2. The van der Waals surface area contributed by atoms with E-state index in [1.165, 1.54) is 22.7 Å². The van der Waals surface area contributed by atoms with Crippen LogP contribution in [-0.2, 0) is 47.3 Å². The van der Waals surface area contributed by atoms with Crippen molar-refractivity contribution in [3.8, 4) is 11.1 Å². The molecule has 3 aromatic heterocycles. The number of fused-ring (bicyclic) bond motifs is 3. The van der Waals surface area contributed by atoms with E-state index >= 15 is 0 Å². The first-order valence-corrected chi connectivity index (χ1v) is 16.2. The van der Waals surface area contributed by atoms with Crippen LogP contribution >= 0.6 is 0 Å². The van der Waals surface area contributed by atoms with E-state index in [1.54, 1.807) is 42.6 Å². The lowest BCUT2D eigenvalue weighted by Crippen LogP contribution is -2.48. The van der Waals surface area contributed by atoms with Crippen molar-refractivity contribution in [2.24, 2.45) is 23.2 Å². The molecule has 2 aliphatic heterocycles. The largest absolute Gasteiger partial charge is 0.461 e. The summed E-state index contributed by atoms with van der Waals surface area (Å²) in [5.41, 5.74) is 12.1. The van der Waals surface area contributed by atoms with Gasteiger partial charge in [-0.2, -0.15) is 0 Å². The van der Waals surface area contributed by atoms with Crippen molar-refractivity contribution in [2.45, 2.75) is 52.8 Å². The summed E-state index contributed by atoms with van der Waals surface area (Å²) < 4.78 is 14.4. The summed E-state index contributed by atoms with van der Waals surface area (Å²) in [7, 11) is 5.47. The number of hydrogen-bond donors (Lipinski definition) is 2. The van der Waals surface area contributed by atoms with Crippen LogP contribution in [-0.4, -0.2) is 83.2 Å². The van der Waals surface area contributed by atoms with E-state index in [0.717, 1.165) is 18.5 Å². The number of ether oxygens (including phenoxy) is 2. The quantitative estimate of drug-likeness (QED) is 0.191. The topological polar surface area (TPSA) is 149 Å². The number of aryl methyl sites for hydroxylation is 1. The Kier molecular flexibility index (Phi) is 9.01. The molecular formula is C35H44N8O5. The Labute approximate surface area is 280 Å². The van der Waals surface area contributed by atoms with Crippen LogP contribution in [0.25, 0.3) is 11.1 Å². The van der Waals surface area contributed by atoms with Gasteiger partial charge >= 0.3 is 5.97 Å². The van der Waals surface area contributed by atoms with E-state index < -0.39 is 5.97 Å². The molecule has 48 heavy (non-hydrogen) atoms. The fourth-order valence-electron chi connectivity index (χ4n) is 6.76. The van der Waals surface area contributed by atoms with Crippen LogP contribution in [0.4, 0.5) is 11.5 Å². The van der Waals surface area contributed by atoms with Gasteiger partial charge in [0.15, 0.2) is 0 Å². The lowest BCUT2D eigenvalue weighted by molar-refractivity contribution is -0.142. The van der Waals surface area contributed by atoms with Crippen molar-refractivity contribution in [1.82, 2.24) is 24.3 Å². The SMILES string of the molecule is CN/C(=C\C(N)=Nc1cc(-c2ccnc(N3CCn4c(cc5c4CC(C)(C)C5)C3=O)c2COC(C)=O)cn(C)c1=O)CN(C)C1COC1. The first kappa shape index (κ1) is 33.2. The maximum absolute atomic E-state index is 14.0. The second-order valence-electron chi connectivity index (χ2n) is 13.7. The Morgan fingerprint density at radius 2 is 2.02 bits per heavy atom. The van der Waals surface area contributed by atoms with Crippen molar-refractivity contribution in [1.29, 1.82) is 0 Å². The van der Waals surface area contributed by atoms with Gasteiger partial charge in [0.05, 0.1) is 19.3 Å². The highest BCUT2D eigenvalue weighted by Crippen LogP contribution is 2.40. The van der Waals surface area contributed by atoms with Crippen LogP contribution in [0.5, 0.6) is 0 Å². The molecule has 1 amide bonds. The van der Waals surface area contributed by atoms with Crippen molar-refractivity contribution in [2.75, 3.05) is 45.3 Å². The van der Waals surface area contributed by atoms with E-state index in [-0.39, 0.29) is 35.0 Å². The van der Waals surface area contributed by atoms with Crippen LogP contribution in [0, 0.1) is 5.41 Å². The number of anilines is 1. The van der Waals surface area contributed by atoms with Crippen LogP contribution in [0.1, 0.15) is 48.1 Å². The summed E-state index contributed by atoms with van der Waals surface area (Å²) in [6.07, 6.45) is 6.89. The van der Waals surface area contributed by atoms with Crippen molar-refractivity contribution < 1.29 is 19.1 Å². The summed E-state index contributed by atoms with van der Waals surface area (Å²) in [4.78, 5) is 52.2. The number of amides is 1. The Hall–Kier alpha value is -4.75. The van der Waals surface area contributed by atoms with Crippen molar-refractivity contribution in [3.05, 3.63) is 75.2 Å². The van der Waals surface area contributed by atoms with Gasteiger partial charge in [0.25, 0.3) is 11.5 Å². The molecular weight excluding hydrogens is 612 g/mol. The molecule has 6 rings (SSSR count). The number of rotatable bonds is 10. The highest BCUT2D eigenvalue weighted by Gasteiger charge is 2.37. The second kappa shape index (κ2) is 13.0.